The number of carboxylic acids is 2. The molecule has 6 nitrogen and oxygen atoms in total. The monoisotopic (exact) mass is 492 g/mol. The number of nitrogens with zero attached hydrogens (tertiary/aromatic N) is 1. The highest BCUT2D eigenvalue weighted by Gasteiger charge is 2.23. The molecule has 0 aliphatic rings. The number of aromatic carboxylic acids is 1. The number of aliphatic carboxylic acids is 1. The third kappa shape index (κ3) is 4.45. The van der Waals surface area contributed by atoms with Gasteiger partial charge in [-0.1, -0.05) is 46.3 Å². The molecular weight excluding hydrogens is 480 g/mol. The van der Waals surface area contributed by atoms with E-state index in [4.69, 9.17) is 0 Å². The summed E-state index contributed by atoms with van der Waals surface area (Å²) in [6.07, 6.45) is 0.191. The average Bonchev–Trinajstić information content (AvgIpc) is 2.61. The van der Waals surface area contributed by atoms with Crippen molar-refractivity contribution in [2.45, 2.75) is 12.5 Å². The van der Waals surface area contributed by atoms with Crippen molar-refractivity contribution in [2.75, 3.05) is 5.32 Å². The van der Waals surface area contributed by atoms with Gasteiger partial charge in [-0.05, 0) is 39.7 Å². The largest absolute Gasteiger partial charge is 0.480 e. The molecular formula is C19H14Br2N2O4. The molecule has 0 saturated carbocycles. The summed E-state index contributed by atoms with van der Waals surface area (Å²) in [5.41, 5.74) is 1.27. The van der Waals surface area contributed by atoms with Crippen molar-refractivity contribution >= 4 is 60.5 Å². The lowest BCUT2D eigenvalue weighted by Crippen LogP contribution is -2.32. The molecule has 0 aliphatic heterocycles. The minimum Gasteiger partial charge on any atom is -0.480 e. The molecule has 1 atom stereocenters. The summed E-state index contributed by atoms with van der Waals surface area (Å²) in [6.45, 7) is 0. The molecule has 0 aliphatic carbocycles. The maximum atomic E-state index is 11.7. The average molecular weight is 494 g/mol. The molecule has 3 rings (SSSR count). The quantitative estimate of drug-likeness (QED) is 0.465. The molecule has 2 aromatic carbocycles. The van der Waals surface area contributed by atoms with Crippen LogP contribution in [0.4, 0.5) is 5.82 Å². The minimum absolute atomic E-state index is 0.0151. The van der Waals surface area contributed by atoms with Gasteiger partial charge in [0.15, 0.2) is 0 Å². The smallest absolute Gasteiger partial charge is 0.339 e. The van der Waals surface area contributed by atoms with Crippen molar-refractivity contribution in [2.24, 2.45) is 0 Å². The van der Waals surface area contributed by atoms with Gasteiger partial charge in [0, 0.05) is 20.8 Å². The maximum Gasteiger partial charge on any atom is 0.339 e. The number of halogens is 2. The van der Waals surface area contributed by atoms with E-state index in [1.807, 2.05) is 30.3 Å². The van der Waals surface area contributed by atoms with E-state index in [1.165, 1.54) is 6.07 Å². The molecule has 0 fully saturated rings. The van der Waals surface area contributed by atoms with Gasteiger partial charge in [0.2, 0.25) is 0 Å². The van der Waals surface area contributed by atoms with Gasteiger partial charge in [-0.3, -0.25) is 0 Å². The zero-order valence-electron chi connectivity index (χ0n) is 13.8. The van der Waals surface area contributed by atoms with E-state index in [2.05, 4.69) is 42.2 Å². The first kappa shape index (κ1) is 19.3. The molecule has 1 heterocycles. The predicted octanol–water partition coefficient (Wildman–Crippen LogP) is 4.57. The Morgan fingerprint density at radius 2 is 1.78 bits per heavy atom. The normalized spacial score (nSPS) is 11.9. The Morgan fingerprint density at radius 3 is 2.41 bits per heavy atom. The van der Waals surface area contributed by atoms with Crippen LogP contribution in [0.5, 0.6) is 0 Å². The summed E-state index contributed by atoms with van der Waals surface area (Å²) in [5.74, 6) is -2.26. The Kier molecular flexibility index (Phi) is 5.76. The molecule has 0 spiro atoms. The number of hydrogen-bond donors (Lipinski definition) is 3. The van der Waals surface area contributed by atoms with Gasteiger partial charge >= 0.3 is 11.9 Å². The van der Waals surface area contributed by atoms with E-state index >= 15 is 0 Å². The molecule has 138 valence electrons. The van der Waals surface area contributed by atoms with Crippen LogP contribution in [0.1, 0.15) is 15.9 Å². The van der Waals surface area contributed by atoms with Gasteiger partial charge in [-0.25, -0.2) is 14.6 Å². The van der Waals surface area contributed by atoms with Crippen LogP contribution in [0.3, 0.4) is 0 Å². The van der Waals surface area contributed by atoms with E-state index < -0.39 is 18.0 Å². The van der Waals surface area contributed by atoms with E-state index in [0.717, 1.165) is 10.0 Å². The zero-order valence-corrected chi connectivity index (χ0v) is 17.0. The van der Waals surface area contributed by atoms with Crippen LogP contribution in [0, 0.1) is 0 Å². The molecule has 8 heteroatoms. The first-order valence-corrected chi connectivity index (χ1v) is 9.50. The Bertz CT molecular complexity index is 1030. The SMILES string of the molecule is O=C(O)c1cc2cc(Br)cc(Br)c2nc1NC(Cc1ccccc1)C(=O)O. The van der Waals surface area contributed by atoms with E-state index in [-0.39, 0.29) is 17.8 Å². The van der Waals surface area contributed by atoms with E-state index in [0.29, 0.717) is 15.4 Å². The number of pyridine rings is 1. The van der Waals surface area contributed by atoms with Crippen LogP contribution in [-0.4, -0.2) is 33.2 Å². The molecule has 1 aromatic heterocycles. The van der Waals surface area contributed by atoms with E-state index in [1.54, 1.807) is 12.1 Å². The second kappa shape index (κ2) is 8.06. The van der Waals surface area contributed by atoms with Gasteiger partial charge < -0.3 is 15.5 Å². The molecule has 0 amide bonds. The molecule has 27 heavy (non-hydrogen) atoms. The fourth-order valence-electron chi connectivity index (χ4n) is 2.70. The van der Waals surface area contributed by atoms with Crippen LogP contribution in [0.25, 0.3) is 10.9 Å². The molecule has 3 aromatic rings. The van der Waals surface area contributed by atoms with Gasteiger partial charge in [0.1, 0.15) is 17.4 Å². The molecule has 0 saturated heterocycles. The van der Waals surface area contributed by atoms with Crippen molar-refractivity contribution in [3.05, 3.63) is 68.6 Å². The van der Waals surface area contributed by atoms with Crippen molar-refractivity contribution in [3.63, 3.8) is 0 Å². The first-order valence-electron chi connectivity index (χ1n) is 7.91. The predicted molar refractivity (Wildman–Crippen MR) is 109 cm³/mol. The summed E-state index contributed by atoms with van der Waals surface area (Å²) in [7, 11) is 0. The Morgan fingerprint density at radius 1 is 1.07 bits per heavy atom. The molecule has 1 unspecified atom stereocenters. The van der Waals surface area contributed by atoms with Crippen LogP contribution in [0.2, 0.25) is 0 Å². The second-order valence-electron chi connectivity index (χ2n) is 5.87. The van der Waals surface area contributed by atoms with Crippen molar-refractivity contribution in [1.82, 2.24) is 4.98 Å². The van der Waals surface area contributed by atoms with E-state index in [9.17, 15) is 19.8 Å². The highest BCUT2D eigenvalue weighted by Crippen LogP contribution is 2.30. The van der Waals surface area contributed by atoms with Gasteiger partial charge in [0.05, 0.1) is 5.52 Å². The van der Waals surface area contributed by atoms with Crippen LogP contribution in [0.15, 0.2) is 57.5 Å². The summed E-state index contributed by atoms with van der Waals surface area (Å²) < 4.78 is 1.44. The number of benzene rings is 2. The summed E-state index contributed by atoms with van der Waals surface area (Å²) in [4.78, 5) is 27.8. The number of nitrogens with one attached hydrogen (secondary N) is 1. The lowest BCUT2D eigenvalue weighted by Gasteiger charge is -2.17. The highest BCUT2D eigenvalue weighted by molar-refractivity contribution is 9.11. The number of carboxylic acid groups (broad SMARTS) is 2. The van der Waals surface area contributed by atoms with Gasteiger partial charge in [-0.2, -0.15) is 0 Å². The Hall–Kier alpha value is -2.45. The second-order valence-corrected chi connectivity index (χ2v) is 7.64. The third-order valence-electron chi connectivity index (χ3n) is 3.96. The van der Waals surface area contributed by atoms with Crippen LogP contribution >= 0.6 is 31.9 Å². The summed E-state index contributed by atoms with van der Waals surface area (Å²) >= 11 is 6.77. The summed E-state index contributed by atoms with van der Waals surface area (Å²) in [5, 5.41) is 22.5. The first-order chi connectivity index (χ1) is 12.8. The summed E-state index contributed by atoms with van der Waals surface area (Å²) in [6, 6.07) is 13.1. The number of carbonyl (C=O) groups is 2. The molecule has 3 N–H and O–H groups in total. The Labute approximate surface area is 171 Å². The van der Waals surface area contributed by atoms with Crippen molar-refractivity contribution in [1.29, 1.82) is 0 Å². The van der Waals surface area contributed by atoms with Crippen LogP contribution in [-0.2, 0) is 11.2 Å². The Balaban J connectivity index is 2.04. The fraction of sp³-hybridized carbons (Fsp3) is 0.105. The number of fused-ring (bicyclic) bond motifs is 1. The fourth-order valence-corrected chi connectivity index (χ4v) is 4.04. The lowest BCUT2D eigenvalue weighted by atomic mass is 10.1. The topological polar surface area (TPSA) is 99.5 Å². The lowest BCUT2D eigenvalue weighted by molar-refractivity contribution is -0.137. The third-order valence-corrected chi connectivity index (χ3v) is 5.02. The standard InChI is InChI=1S/C19H14Br2N2O4/c20-12-7-11-8-13(18(24)25)17(23-16(11)14(21)9-12)22-15(19(26)27)6-10-4-2-1-3-5-10/h1-5,7-9,15H,6H2,(H,22,23)(H,24,25)(H,26,27). The van der Waals surface area contributed by atoms with Gasteiger partial charge in [0.25, 0.3) is 0 Å². The van der Waals surface area contributed by atoms with Gasteiger partial charge in [-0.15, -0.1) is 0 Å². The number of anilines is 1. The molecule has 0 bridgehead atoms. The van der Waals surface area contributed by atoms with Crippen molar-refractivity contribution < 1.29 is 19.8 Å². The minimum atomic E-state index is -1.19. The highest BCUT2D eigenvalue weighted by atomic mass is 79.9. The number of hydrogen-bond acceptors (Lipinski definition) is 4. The zero-order chi connectivity index (χ0) is 19.6. The maximum absolute atomic E-state index is 11.7. The number of aromatic nitrogens is 1. The van der Waals surface area contributed by atoms with Crippen LogP contribution < -0.4 is 5.32 Å². The number of rotatable bonds is 6. The van der Waals surface area contributed by atoms with Crippen molar-refractivity contribution in [3.8, 4) is 0 Å². The molecule has 0 radical (unpaired) electrons.